The smallest absolute Gasteiger partial charge is 0.129 e. The van der Waals surface area contributed by atoms with Gasteiger partial charge in [0.2, 0.25) is 0 Å². The molecule has 4 nitrogen and oxygen atoms in total. The number of hydrogen-bond acceptors (Lipinski definition) is 4. The summed E-state index contributed by atoms with van der Waals surface area (Å²) >= 11 is 0. The van der Waals surface area contributed by atoms with E-state index in [1.807, 2.05) is 18.2 Å². The van der Waals surface area contributed by atoms with Crippen molar-refractivity contribution in [1.82, 2.24) is 0 Å². The number of hydrogen-bond donors (Lipinski definition) is 0. The molecule has 0 saturated carbocycles. The van der Waals surface area contributed by atoms with Gasteiger partial charge in [-0.15, -0.1) is 0 Å². The average Bonchev–Trinajstić information content (AvgIpc) is 2.83. The number of para-hydroxylation sites is 2. The minimum atomic E-state index is -0.860. The molecule has 24 heavy (non-hydrogen) atoms. The number of rotatable bonds is 4. The first-order valence-corrected chi connectivity index (χ1v) is 10.6. The van der Waals surface area contributed by atoms with E-state index < -0.39 is 8.80 Å². The van der Waals surface area contributed by atoms with Crippen molar-refractivity contribution in [3.63, 3.8) is 0 Å². The molecule has 1 aliphatic heterocycles. The lowest BCUT2D eigenvalue weighted by molar-refractivity contribution is 0.371. The van der Waals surface area contributed by atoms with Gasteiger partial charge in [0.1, 0.15) is 25.6 Å². The molecule has 0 spiro atoms. The van der Waals surface area contributed by atoms with Crippen LogP contribution in [-0.4, -0.2) is 37.1 Å². The molecule has 0 atom stereocenters. The van der Waals surface area contributed by atoms with Gasteiger partial charge in [0.25, 0.3) is 0 Å². The van der Waals surface area contributed by atoms with E-state index in [1.54, 1.807) is 14.2 Å². The SMILES string of the molecule is COc1cccc(OC)c1C1([Si](C)C)N(C)c2ccccc2N1C. The standard InChI is InChI=1S/C19H25N2O2Si/c1-20-14-10-7-8-11-15(14)21(2)19(20,24(5)6)18-16(22-3)12-9-13-17(18)23-4/h7-13H,1-6H3. The van der Waals surface area contributed by atoms with Crippen molar-refractivity contribution in [2.75, 3.05) is 38.1 Å². The fourth-order valence-electron chi connectivity index (χ4n) is 4.06. The maximum absolute atomic E-state index is 5.75. The fourth-order valence-corrected chi connectivity index (χ4v) is 6.39. The highest BCUT2D eigenvalue weighted by molar-refractivity contribution is 6.61. The van der Waals surface area contributed by atoms with Gasteiger partial charge in [-0.1, -0.05) is 31.3 Å². The molecule has 0 bridgehead atoms. The monoisotopic (exact) mass is 341 g/mol. The molecule has 1 heterocycles. The molecule has 2 aromatic carbocycles. The Morgan fingerprint density at radius 1 is 0.792 bits per heavy atom. The Bertz CT molecular complexity index is 697. The van der Waals surface area contributed by atoms with Crippen LogP contribution in [0.4, 0.5) is 11.4 Å². The number of fused-ring (bicyclic) bond motifs is 1. The Morgan fingerprint density at radius 3 is 1.62 bits per heavy atom. The summed E-state index contributed by atoms with van der Waals surface area (Å²) in [4.78, 5) is 4.77. The second-order valence-electron chi connectivity index (χ2n) is 6.32. The topological polar surface area (TPSA) is 24.9 Å². The quantitative estimate of drug-likeness (QED) is 0.791. The van der Waals surface area contributed by atoms with Crippen molar-refractivity contribution in [2.24, 2.45) is 0 Å². The molecule has 127 valence electrons. The lowest BCUT2D eigenvalue weighted by atomic mass is 10.1. The summed E-state index contributed by atoms with van der Waals surface area (Å²) in [6.07, 6.45) is 0. The highest BCUT2D eigenvalue weighted by Crippen LogP contribution is 2.53. The average molecular weight is 342 g/mol. The third-order valence-electron chi connectivity index (χ3n) is 5.05. The van der Waals surface area contributed by atoms with Gasteiger partial charge in [-0.05, 0) is 24.3 Å². The summed E-state index contributed by atoms with van der Waals surface area (Å²) < 4.78 is 11.5. The van der Waals surface area contributed by atoms with E-state index in [0.29, 0.717) is 0 Å². The Hall–Kier alpha value is -2.14. The van der Waals surface area contributed by atoms with Crippen LogP contribution in [0.15, 0.2) is 42.5 Å². The van der Waals surface area contributed by atoms with Crippen LogP contribution in [0.3, 0.4) is 0 Å². The van der Waals surface area contributed by atoms with Crippen LogP contribution >= 0.6 is 0 Å². The summed E-state index contributed by atoms with van der Waals surface area (Å²) in [5, 5.41) is -0.285. The van der Waals surface area contributed by atoms with Crippen LogP contribution < -0.4 is 19.3 Å². The zero-order chi connectivity index (χ0) is 17.5. The predicted octanol–water partition coefficient (Wildman–Crippen LogP) is 3.74. The van der Waals surface area contributed by atoms with Gasteiger partial charge in [-0.25, -0.2) is 0 Å². The van der Waals surface area contributed by atoms with Gasteiger partial charge in [0, 0.05) is 14.1 Å². The molecule has 1 aliphatic rings. The summed E-state index contributed by atoms with van der Waals surface area (Å²) in [6.45, 7) is 4.69. The van der Waals surface area contributed by atoms with Crippen LogP contribution in [0.1, 0.15) is 5.56 Å². The second kappa shape index (κ2) is 6.05. The third kappa shape index (κ3) is 2.04. The van der Waals surface area contributed by atoms with Crippen LogP contribution in [0, 0.1) is 0 Å². The highest BCUT2D eigenvalue weighted by Gasteiger charge is 2.53. The van der Waals surface area contributed by atoms with Gasteiger partial charge >= 0.3 is 0 Å². The van der Waals surface area contributed by atoms with Crippen LogP contribution in [-0.2, 0) is 5.29 Å². The maximum Gasteiger partial charge on any atom is 0.129 e. The number of benzene rings is 2. The molecule has 5 heteroatoms. The maximum atomic E-state index is 5.75. The Labute approximate surface area is 146 Å². The Morgan fingerprint density at radius 2 is 1.25 bits per heavy atom. The van der Waals surface area contributed by atoms with Gasteiger partial charge in [0.15, 0.2) is 0 Å². The van der Waals surface area contributed by atoms with Crippen molar-refractivity contribution in [2.45, 2.75) is 18.4 Å². The molecule has 0 saturated heterocycles. The molecule has 0 aliphatic carbocycles. The molecule has 0 N–H and O–H groups in total. The molecular weight excluding hydrogens is 316 g/mol. The first kappa shape index (κ1) is 16.7. The van der Waals surface area contributed by atoms with Crippen molar-refractivity contribution in [3.05, 3.63) is 48.0 Å². The minimum Gasteiger partial charge on any atom is -0.496 e. The Balaban J connectivity index is 2.35. The molecule has 0 amide bonds. The largest absolute Gasteiger partial charge is 0.496 e. The van der Waals surface area contributed by atoms with E-state index in [1.165, 1.54) is 11.4 Å². The summed E-state index contributed by atoms with van der Waals surface area (Å²) in [5.41, 5.74) is 3.58. The second-order valence-corrected chi connectivity index (χ2v) is 9.01. The van der Waals surface area contributed by atoms with Crippen molar-refractivity contribution < 1.29 is 9.47 Å². The van der Waals surface area contributed by atoms with Crippen LogP contribution in [0.2, 0.25) is 13.1 Å². The number of methoxy groups -OCH3 is 2. The molecule has 1 radical (unpaired) electrons. The van der Waals surface area contributed by atoms with E-state index in [4.69, 9.17) is 9.47 Å². The van der Waals surface area contributed by atoms with Crippen LogP contribution in [0.25, 0.3) is 0 Å². The summed E-state index contributed by atoms with van der Waals surface area (Å²) in [7, 11) is 6.94. The first-order chi connectivity index (χ1) is 11.5. The predicted molar refractivity (Wildman–Crippen MR) is 102 cm³/mol. The van der Waals surface area contributed by atoms with E-state index in [-0.39, 0.29) is 5.29 Å². The molecular formula is C19H25N2O2Si. The van der Waals surface area contributed by atoms with E-state index >= 15 is 0 Å². The van der Waals surface area contributed by atoms with Crippen molar-refractivity contribution in [3.8, 4) is 11.5 Å². The van der Waals surface area contributed by atoms with Crippen molar-refractivity contribution in [1.29, 1.82) is 0 Å². The van der Waals surface area contributed by atoms with E-state index in [0.717, 1.165) is 17.1 Å². The third-order valence-corrected chi connectivity index (χ3v) is 7.36. The zero-order valence-corrected chi connectivity index (χ0v) is 16.3. The lowest BCUT2D eigenvalue weighted by Gasteiger charge is -2.47. The molecule has 0 aromatic heterocycles. The number of anilines is 2. The fraction of sp³-hybridized carbons (Fsp3) is 0.368. The highest BCUT2D eigenvalue weighted by atomic mass is 28.3. The number of ether oxygens (including phenoxy) is 2. The number of nitrogens with zero attached hydrogens (tertiary/aromatic N) is 2. The van der Waals surface area contributed by atoms with E-state index in [9.17, 15) is 0 Å². The normalized spacial score (nSPS) is 15.6. The molecule has 0 fully saturated rings. The molecule has 3 rings (SSSR count). The van der Waals surface area contributed by atoms with Gasteiger partial charge in [-0.2, -0.15) is 0 Å². The first-order valence-electron chi connectivity index (χ1n) is 8.08. The van der Waals surface area contributed by atoms with Gasteiger partial charge in [0.05, 0.1) is 31.2 Å². The minimum absolute atomic E-state index is 0.285. The molecule has 0 unspecified atom stereocenters. The molecule has 2 aromatic rings. The summed E-state index contributed by atoms with van der Waals surface area (Å²) in [6, 6.07) is 14.6. The lowest BCUT2D eigenvalue weighted by Crippen LogP contribution is -2.60. The van der Waals surface area contributed by atoms with Crippen LogP contribution in [0.5, 0.6) is 11.5 Å². The summed E-state index contributed by atoms with van der Waals surface area (Å²) in [5.74, 6) is 1.74. The van der Waals surface area contributed by atoms with Gasteiger partial charge in [-0.3, -0.25) is 0 Å². The Kier molecular flexibility index (Phi) is 4.21. The zero-order valence-electron chi connectivity index (χ0n) is 15.3. The van der Waals surface area contributed by atoms with E-state index in [2.05, 4.69) is 61.3 Å². The van der Waals surface area contributed by atoms with Gasteiger partial charge < -0.3 is 19.3 Å². The van der Waals surface area contributed by atoms with Crippen molar-refractivity contribution >= 4 is 20.2 Å².